The Labute approximate surface area is 201 Å². The molecule has 182 valence electrons. The number of halogens is 2. The van der Waals surface area contributed by atoms with Crippen molar-refractivity contribution < 1.29 is 18.3 Å². The molecule has 2 atom stereocenters. The molecule has 0 spiro atoms. The van der Waals surface area contributed by atoms with Crippen molar-refractivity contribution >= 4 is 11.2 Å². The predicted molar refractivity (Wildman–Crippen MR) is 125 cm³/mol. The van der Waals surface area contributed by atoms with Gasteiger partial charge in [0.05, 0.1) is 36.8 Å². The minimum atomic E-state index is -0.704. The molecule has 0 unspecified atom stereocenters. The zero-order valence-electron chi connectivity index (χ0n) is 19.8. The number of benzene rings is 1. The SMILES string of the molecule is COCCn1cc([C@@H]2C[C@H](c3nc(-c4ccc(F)cc4F)c4nc(C)c(C)nc4n3)CCO2)cn1. The molecular weight excluding hydrogens is 454 g/mol. The smallest absolute Gasteiger partial charge is 0.182 e. The van der Waals surface area contributed by atoms with Crippen molar-refractivity contribution in [3.63, 3.8) is 0 Å². The molecule has 1 aliphatic rings. The molecule has 0 saturated carbocycles. The van der Waals surface area contributed by atoms with Crippen molar-refractivity contribution in [3.05, 3.63) is 65.0 Å². The van der Waals surface area contributed by atoms with Crippen molar-refractivity contribution in [2.45, 2.75) is 45.3 Å². The van der Waals surface area contributed by atoms with E-state index in [9.17, 15) is 8.78 Å². The van der Waals surface area contributed by atoms with E-state index in [1.54, 1.807) is 13.3 Å². The van der Waals surface area contributed by atoms with E-state index in [2.05, 4.69) is 15.1 Å². The Bertz CT molecular complexity index is 1380. The third-order valence-electron chi connectivity index (χ3n) is 6.34. The molecule has 1 saturated heterocycles. The third-order valence-corrected chi connectivity index (χ3v) is 6.34. The Morgan fingerprint density at radius 3 is 2.74 bits per heavy atom. The average Bonchev–Trinajstić information content (AvgIpc) is 3.32. The minimum absolute atomic E-state index is 0.0360. The third kappa shape index (κ3) is 4.76. The van der Waals surface area contributed by atoms with Gasteiger partial charge in [0.25, 0.3) is 0 Å². The Morgan fingerprint density at radius 1 is 1.11 bits per heavy atom. The summed E-state index contributed by atoms with van der Waals surface area (Å²) in [6.45, 7) is 5.44. The molecule has 0 amide bonds. The molecule has 4 aromatic rings. The average molecular weight is 481 g/mol. The monoisotopic (exact) mass is 480 g/mol. The van der Waals surface area contributed by atoms with Crippen LogP contribution in [-0.4, -0.2) is 50.0 Å². The van der Waals surface area contributed by atoms with Crippen molar-refractivity contribution in [3.8, 4) is 11.3 Å². The predicted octanol–water partition coefficient (Wildman–Crippen LogP) is 4.46. The van der Waals surface area contributed by atoms with E-state index in [0.29, 0.717) is 61.0 Å². The van der Waals surface area contributed by atoms with Gasteiger partial charge in [-0.25, -0.2) is 28.7 Å². The van der Waals surface area contributed by atoms with Gasteiger partial charge in [-0.15, -0.1) is 0 Å². The fourth-order valence-electron chi connectivity index (χ4n) is 4.30. The number of ether oxygens (including phenoxy) is 2. The zero-order valence-corrected chi connectivity index (χ0v) is 19.8. The second-order valence-electron chi connectivity index (χ2n) is 8.73. The zero-order chi connectivity index (χ0) is 24.5. The molecule has 35 heavy (non-hydrogen) atoms. The van der Waals surface area contributed by atoms with Crippen molar-refractivity contribution in [1.82, 2.24) is 29.7 Å². The highest BCUT2D eigenvalue weighted by atomic mass is 19.1. The fourth-order valence-corrected chi connectivity index (χ4v) is 4.30. The fraction of sp³-hybridized carbons (Fsp3) is 0.400. The van der Waals surface area contributed by atoms with Crippen LogP contribution in [-0.2, 0) is 16.0 Å². The Balaban J connectivity index is 1.53. The van der Waals surface area contributed by atoms with Crippen LogP contribution in [0.4, 0.5) is 8.78 Å². The quantitative estimate of drug-likeness (QED) is 0.403. The van der Waals surface area contributed by atoms with Gasteiger partial charge in [0.1, 0.15) is 28.7 Å². The second kappa shape index (κ2) is 9.71. The minimum Gasteiger partial charge on any atom is -0.383 e. The summed E-state index contributed by atoms with van der Waals surface area (Å²) in [7, 11) is 1.65. The first-order valence-corrected chi connectivity index (χ1v) is 11.5. The van der Waals surface area contributed by atoms with Gasteiger partial charge in [-0.2, -0.15) is 5.10 Å². The maximum Gasteiger partial charge on any atom is 0.182 e. The first-order valence-electron chi connectivity index (χ1n) is 11.5. The van der Waals surface area contributed by atoms with Crippen molar-refractivity contribution in [2.24, 2.45) is 0 Å². The first-order chi connectivity index (χ1) is 16.9. The summed E-state index contributed by atoms with van der Waals surface area (Å²) >= 11 is 0. The summed E-state index contributed by atoms with van der Waals surface area (Å²) in [4.78, 5) is 18.7. The topological polar surface area (TPSA) is 87.8 Å². The molecule has 1 fully saturated rings. The molecule has 0 N–H and O–H groups in total. The second-order valence-corrected chi connectivity index (χ2v) is 8.73. The van der Waals surface area contributed by atoms with Gasteiger partial charge in [-0.3, -0.25) is 4.68 Å². The summed E-state index contributed by atoms with van der Waals surface area (Å²) in [5.74, 6) is -0.842. The van der Waals surface area contributed by atoms with Gasteiger partial charge in [-0.05, 0) is 38.8 Å². The Kier molecular flexibility index (Phi) is 6.48. The maximum absolute atomic E-state index is 14.8. The number of aryl methyl sites for hydroxylation is 2. The van der Waals surface area contributed by atoms with Crippen LogP contribution in [0.5, 0.6) is 0 Å². The van der Waals surface area contributed by atoms with Crippen LogP contribution in [0.1, 0.15) is 47.6 Å². The number of aromatic nitrogens is 6. The van der Waals surface area contributed by atoms with Crippen LogP contribution in [0, 0.1) is 25.5 Å². The van der Waals surface area contributed by atoms with E-state index in [1.165, 1.54) is 12.1 Å². The van der Waals surface area contributed by atoms with E-state index < -0.39 is 11.6 Å². The largest absolute Gasteiger partial charge is 0.383 e. The highest BCUT2D eigenvalue weighted by Crippen LogP contribution is 2.38. The van der Waals surface area contributed by atoms with Crippen LogP contribution >= 0.6 is 0 Å². The van der Waals surface area contributed by atoms with Gasteiger partial charge < -0.3 is 9.47 Å². The number of rotatable bonds is 6. The van der Waals surface area contributed by atoms with E-state index in [1.807, 2.05) is 24.7 Å². The van der Waals surface area contributed by atoms with Crippen molar-refractivity contribution in [1.29, 1.82) is 0 Å². The lowest BCUT2D eigenvalue weighted by molar-refractivity contribution is 0.00394. The summed E-state index contributed by atoms with van der Waals surface area (Å²) in [6.07, 6.45) is 4.96. The van der Waals surface area contributed by atoms with Gasteiger partial charge in [0, 0.05) is 43.0 Å². The number of hydrogen-bond acceptors (Lipinski definition) is 7. The number of methoxy groups -OCH3 is 1. The summed E-state index contributed by atoms with van der Waals surface area (Å²) in [6, 6.07) is 3.45. The van der Waals surface area contributed by atoms with Gasteiger partial charge >= 0.3 is 0 Å². The lowest BCUT2D eigenvalue weighted by Crippen LogP contribution is -2.20. The highest BCUT2D eigenvalue weighted by Gasteiger charge is 2.29. The molecule has 0 radical (unpaired) electrons. The van der Waals surface area contributed by atoms with Crippen LogP contribution in [0.3, 0.4) is 0 Å². The lowest BCUT2D eigenvalue weighted by Gasteiger charge is -2.28. The Hall–Kier alpha value is -3.37. The summed E-state index contributed by atoms with van der Waals surface area (Å²) in [5.41, 5.74) is 3.68. The van der Waals surface area contributed by atoms with Crippen molar-refractivity contribution in [2.75, 3.05) is 20.3 Å². The number of nitrogens with zero attached hydrogens (tertiary/aromatic N) is 6. The molecule has 1 aliphatic heterocycles. The Morgan fingerprint density at radius 2 is 1.94 bits per heavy atom. The normalized spacial score (nSPS) is 18.3. The molecule has 0 aliphatic carbocycles. The lowest BCUT2D eigenvalue weighted by atomic mass is 9.92. The molecule has 3 aromatic heterocycles. The maximum atomic E-state index is 14.8. The summed E-state index contributed by atoms with van der Waals surface area (Å²) in [5, 5.41) is 4.39. The van der Waals surface area contributed by atoms with Gasteiger partial charge in [0.2, 0.25) is 0 Å². The summed E-state index contributed by atoms with van der Waals surface area (Å²) < 4.78 is 41.4. The first kappa shape index (κ1) is 23.4. The van der Waals surface area contributed by atoms with Gasteiger partial charge in [-0.1, -0.05) is 0 Å². The number of hydrogen-bond donors (Lipinski definition) is 0. The van der Waals surface area contributed by atoms with E-state index in [-0.39, 0.29) is 17.6 Å². The number of fused-ring (bicyclic) bond motifs is 1. The molecule has 10 heteroatoms. The van der Waals surface area contributed by atoms with Gasteiger partial charge in [0.15, 0.2) is 5.65 Å². The molecule has 1 aromatic carbocycles. The van der Waals surface area contributed by atoms with Crippen LogP contribution < -0.4 is 0 Å². The molecule has 5 rings (SSSR count). The molecule has 4 heterocycles. The van der Waals surface area contributed by atoms with E-state index in [0.717, 1.165) is 17.3 Å². The van der Waals surface area contributed by atoms with E-state index >= 15 is 0 Å². The highest BCUT2D eigenvalue weighted by molar-refractivity contribution is 5.87. The standard InChI is InChI=1S/C25H26F2N6O2/c1-14-15(2)30-25-23(29-14)22(19-5-4-18(26)11-20(19)27)31-24(32-25)16-6-8-35-21(10-16)17-12-28-33(13-17)7-9-34-3/h4-5,11-13,16,21H,6-10H2,1-3H3/t16-,21+/m1/s1. The molecule has 8 nitrogen and oxygen atoms in total. The molecule has 0 bridgehead atoms. The van der Waals surface area contributed by atoms with Crippen LogP contribution in [0.25, 0.3) is 22.4 Å². The van der Waals surface area contributed by atoms with Crippen LogP contribution in [0.15, 0.2) is 30.6 Å². The molecular formula is C25H26F2N6O2. The van der Waals surface area contributed by atoms with E-state index in [4.69, 9.17) is 19.4 Å². The van der Waals surface area contributed by atoms with Crippen LogP contribution in [0.2, 0.25) is 0 Å².